The van der Waals surface area contributed by atoms with Crippen molar-refractivity contribution in [3.63, 3.8) is 0 Å². The minimum Gasteiger partial charge on any atom is -0.508 e. The lowest BCUT2D eigenvalue weighted by Crippen LogP contribution is -2.68. The Balaban J connectivity index is 1.51. The highest BCUT2D eigenvalue weighted by Crippen LogP contribution is 2.76. The van der Waals surface area contributed by atoms with E-state index in [-0.39, 0.29) is 33.8 Å². The Bertz CT molecular complexity index is 806. The van der Waals surface area contributed by atoms with Gasteiger partial charge in [0.15, 0.2) is 5.78 Å². The Labute approximate surface area is 139 Å². The van der Waals surface area contributed by atoms with E-state index in [1.807, 2.05) is 19.1 Å². The summed E-state index contributed by atoms with van der Waals surface area (Å²) in [6, 6.07) is 10.4. The number of aromatic hydroxyl groups is 1. The first-order valence-electron chi connectivity index (χ1n) is 8.14. The van der Waals surface area contributed by atoms with Gasteiger partial charge in [0.05, 0.1) is 5.56 Å². The van der Waals surface area contributed by atoms with Crippen molar-refractivity contribution in [2.45, 2.75) is 31.6 Å². The average Bonchev–Trinajstić information content (AvgIpc) is 2.45. The maximum atomic E-state index is 13.9. The normalized spacial score (nSPS) is 28.6. The lowest BCUT2D eigenvalue weighted by Gasteiger charge is -2.73. The Morgan fingerprint density at radius 1 is 1.08 bits per heavy atom. The van der Waals surface area contributed by atoms with E-state index < -0.39 is 11.6 Å². The van der Waals surface area contributed by atoms with Gasteiger partial charge in [0.1, 0.15) is 17.4 Å². The highest BCUT2D eigenvalue weighted by Gasteiger charge is 2.70. The van der Waals surface area contributed by atoms with Gasteiger partial charge in [-0.1, -0.05) is 19.1 Å². The second-order valence-electron chi connectivity index (χ2n) is 7.43. The molecule has 4 heteroatoms. The molecule has 1 N–H and O–H groups in total. The van der Waals surface area contributed by atoms with Crippen LogP contribution in [0.15, 0.2) is 42.5 Å². The molecule has 1 unspecified atom stereocenters. The Morgan fingerprint density at radius 2 is 1.71 bits per heavy atom. The standard InChI is InChI=1S/C20H18F2O2/c1-12(18(24)16-7-4-14(21)8-17(16)22)19-9-20(10-19,11-19)13-2-5-15(23)6-3-13/h2-8,12,23H,9-11H2,1H3. The van der Waals surface area contributed by atoms with Crippen LogP contribution in [-0.2, 0) is 5.41 Å². The lowest BCUT2D eigenvalue weighted by atomic mass is 9.30. The zero-order valence-corrected chi connectivity index (χ0v) is 13.4. The first kappa shape index (κ1) is 15.3. The van der Waals surface area contributed by atoms with Crippen LogP contribution in [0.25, 0.3) is 0 Å². The number of Topliss-reactive ketones (excluding diaryl/α,β-unsaturated/α-hetero) is 1. The van der Waals surface area contributed by atoms with Crippen molar-refractivity contribution in [1.29, 1.82) is 0 Å². The molecule has 0 heterocycles. The number of hydrogen-bond donors (Lipinski definition) is 1. The first-order chi connectivity index (χ1) is 11.4. The van der Waals surface area contributed by atoms with Crippen molar-refractivity contribution >= 4 is 5.78 Å². The molecule has 2 bridgehead atoms. The second-order valence-corrected chi connectivity index (χ2v) is 7.43. The maximum Gasteiger partial charge on any atom is 0.169 e. The van der Waals surface area contributed by atoms with E-state index in [0.29, 0.717) is 0 Å². The van der Waals surface area contributed by atoms with Crippen LogP contribution in [0.3, 0.4) is 0 Å². The van der Waals surface area contributed by atoms with Gasteiger partial charge in [0.25, 0.3) is 0 Å². The number of hydrogen-bond acceptors (Lipinski definition) is 2. The van der Waals surface area contributed by atoms with Gasteiger partial charge in [-0.2, -0.15) is 0 Å². The van der Waals surface area contributed by atoms with Gasteiger partial charge >= 0.3 is 0 Å². The number of phenols is 1. The minimum absolute atomic E-state index is 0.0210. The molecular formula is C20H18F2O2. The van der Waals surface area contributed by atoms with Gasteiger partial charge in [-0.05, 0) is 59.9 Å². The first-order valence-corrected chi connectivity index (χ1v) is 8.14. The number of carbonyl (C=O) groups excluding carboxylic acids is 1. The molecule has 3 fully saturated rings. The summed E-state index contributed by atoms with van der Waals surface area (Å²) in [7, 11) is 0. The Kier molecular flexibility index (Phi) is 3.11. The number of halogens is 2. The van der Waals surface area contributed by atoms with Crippen LogP contribution >= 0.6 is 0 Å². The number of ketones is 1. The molecular weight excluding hydrogens is 310 g/mol. The number of carbonyl (C=O) groups is 1. The lowest BCUT2D eigenvalue weighted by molar-refractivity contribution is -0.165. The molecule has 0 saturated heterocycles. The summed E-state index contributed by atoms with van der Waals surface area (Å²) in [5.41, 5.74) is 1.20. The Morgan fingerprint density at radius 3 is 2.29 bits per heavy atom. The van der Waals surface area contributed by atoms with Gasteiger partial charge in [-0.25, -0.2) is 8.78 Å². The minimum atomic E-state index is -0.785. The fraction of sp³-hybridized carbons (Fsp3) is 0.350. The number of rotatable bonds is 4. The molecule has 24 heavy (non-hydrogen) atoms. The van der Waals surface area contributed by atoms with Crippen LogP contribution in [0.1, 0.15) is 42.1 Å². The second kappa shape index (κ2) is 4.88. The molecule has 2 nitrogen and oxygen atoms in total. The zero-order valence-electron chi connectivity index (χ0n) is 13.4. The van der Waals surface area contributed by atoms with Gasteiger partial charge in [-0.15, -0.1) is 0 Å². The van der Waals surface area contributed by atoms with E-state index in [4.69, 9.17) is 0 Å². The van der Waals surface area contributed by atoms with Gasteiger partial charge in [-0.3, -0.25) is 4.79 Å². The van der Waals surface area contributed by atoms with Crippen molar-refractivity contribution in [2.24, 2.45) is 11.3 Å². The van der Waals surface area contributed by atoms with Crippen molar-refractivity contribution in [3.05, 3.63) is 65.2 Å². The molecule has 0 spiro atoms. The van der Waals surface area contributed by atoms with E-state index in [1.165, 1.54) is 11.6 Å². The molecule has 0 aliphatic heterocycles. The number of phenolic OH excluding ortho intramolecular Hbond substituents is 1. The van der Waals surface area contributed by atoms with E-state index in [9.17, 15) is 18.7 Å². The molecule has 3 aliphatic carbocycles. The van der Waals surface area contributed by atoms with Crippen LogP contribution in [0, 0.1) is 23.0 Å². The summed E-state index contributed by atoms with van der Waals surface area (Å²) < 4.78 is 26.9. The smallest absolute Gasteiger partial charge is 0.169 e. The average molecular weight is 328 g/mol. The van der Waals surface area contributed by atoms with Gasteiger partial charge < -0.3 is 5.11 Å². The zero-order chi connectivity index (χ0) is 17.1. The summed E-state index contributed by atoms with van der Waals surface area (Å²) in [5, 5.41) is 9.40. The molecule has 2 aromatic carbocycles. The van der Waals surface area contributed by atoms with E-state index in [2.05, 4.69) is 0 Å². The summed E-state index contributed by atoms with van der Waals surface area (Å²) in [5.74, 6) is -1.74. The van der Waals surface area contributed by atoms with Crippen molar-refractivity contribution in [3.8, 4) is 5.75 Å². The molecule has 124 valence electrons. The molecule has 3 saturated carbocycles. The van der Waals surface area contributed by atoms with Crippen LogP contribution < -0.4 is 0 Å². The highest BCUT2D eigenvalue weighted by molar-refractivity contribution is 5.98. The van der Waals surface area contributed by atoms with Crippen LogP contribution in [-0.4, -0.2) is 10.9 Å². The van der Waals surface area contributed by atoms with Gasteiger partial charge in [0, 0.05) is 12.0 Å². The third-order valence-corrected chi connectivity index (χ3v) is 6.06. The van der Waals surface area contributed by atoms with E-state index >= 15 is 0 Å². The fourth-order valence-corrected chi connectivity index (χ4v) is 4.65. The van der Waals surface area contributed by atoms with E-state index in [0.717, 1.165) is 31.4 Å². The topological polar surface area (TPSA) is 37.3 Å². The summed E-state index contributed by atoms with van der Waals surface area (Å²) >= 11 is 0. The largest absolute Gasteiger partial charge is 0.508 e. The Hall–Kier alpha value is -2.23. The number of benzene rings is 2. The van der Waals surface area contributed by atoms with Gasteiger partial charge in [0.2, 0.25) is 0 Å². The van der Waals surface area contributed by atoms with Crippen molar-refractivity contribution in [2.75, 3.05) is 0 Å². The summed E-state index contributed by atoms with van der Waals surface area (Å²) in [6.45, 7) is 1.85. The molecule has 3 aliphatic rings. The van der Waals surface area contributed by atoms with Crippen LogP contribution in [0.5, 0.6) is 5.75 Å². The highest BCUT2D eigenvalue weighted by atomic mass is 19.1. The maximum absolute atomic E-state index is 13.9. The summed E-state index contributed by atoms with van der Waals surface area (Å²) in [4.78, 5) is 12.6. The SMILES string of the molecule is CC(C(=O)c1ccc(F)cc1F)C12CC(c3ccc(O)cc3)(C1)C2. The fourth-order valence-electron chi connectivity index (χ4n) is 4.65. The molecule has 0 radical (unpaired) electrons. The van der Waals surface area contributed by atoms with Crippen molar-refractivity contribution in [1.82, 2.24) is 0 Å². The molecule has 0 aromatic heterocycles. The quantitative estimate of drug-likeness (QED) is 0.832. The third-order valence-electron chi connectivity index (χ3n) is 6.06. The third kappa shape index (κ3) is 2.02. The predicted molar refractivity (Wildman–Crippen MR) is 85.9 cm³/mol. The van der Waals surface area contributed by atoms with Crippen LogP contribution in [0.2, 0.25) is 0 Å². The van der Waals surface area contributed by atoms with E-state index in [1.54, 1.807) is 12.1 Å². The predicted octanol–water partition coefficient (Wildman–Crippen LogP) is 4.61. The summed E-state index contributed by atoms with van der Waals surface area (Å²) in [6.07, 6.45) is 2.71. The molecule has 5 rings (SSSR count). The molecule has 2 aromatic rings. The van der Waals surface area contributed by atoms with Crippen molar-refractivity contribution < 1.29 is 18.7 Å². The monoisotopic (exact) mass is 328 g/mol. The molecule has 1 atom stereocenters. The van der Waals surface area contributed by atoms with Crippen LogP contribution in [0.4, 0.5) is 8.78 Å². The molecule has 0 amide bonds.